The molecule has 1 saturated heterocycles. The van der Waals surface area contributed by atoms with Crippen LogP contribution in [0, 0.1) is 0 Å². The van der Waals surface area contributed by atoms with Gasteiger partial charge in [-0.2, -0.15) is 0 Å². The fourth-order valence-corrected chi connectivity index (χ4v) is 3.41. The fourth-order valence-electron chi connectivity index (χ4n) is 3.41. The number of alkyl halides is 2. The van der Waals surface area contributed by atoms with Gasteiger partial charge in [0.05, 0.1) is 31.4 Å². The van der Waals surface area contributed by atoms with Crippen LogP contribution >= 0.6 is 0 Å². The molecule has 1 aromatic heterocycles. The van der Waals surface area contributed by atoms with Gasteiger partial charge in [0.25, 0.3) is 0 Å². The van der Waals surface area contributed by atoms with Crippen molar-refractivity contribution in [3.05, 3.63) is 53.2 Å². The summed E-state index contributed by atoms with van der Waals surface area (Å²) in [4.78, 5) is 10.6. The summed E-state index contributed by atoms with van der Waals surface area (Å²) in [6.45, 7) is 4.67. The van der Waals surface area contributed by atoms with Crippen LogP contribution in [0.25, 0.3) is 0 Å². The number of hydrogen-bond donors (Lipinski definition) is 0. The van der Waals surface area contributed by atoms with E-state index in [0.717, 1.165) is 28.2 Å². The Kier molecular flexibility index (Phi) is 4.34. The number of hydrogen-bond acceptors (Lipinski definition) is 4. The van der Waals surface area contributed by atoms with Gasteiger partial charge in [-0.05, 0) is 43.7 Å². The van der Waals surface area contributed by atoms with Gasteiger partial charge in [-0.3, -0.25) is 4.99 Å². The summed E-state index contributed by atoms with van der Waals surface area (Å²) in [7, 11) is 0. The van der Waals surface area contributed by atoms with Gasteiger partial charge in [0, 0.05) is 17.3 Å². The topological polar surface area (TPSA) is 37.7 Å². The lowest BCUT2D eigenvalue weighted by molar-refractivity contribution is 0.217. The summed E-state index contributed by atoms with van der Waals surface area (Å²) in [5.41, 5.74) is 3.94. The molecule has 26 heavy (non-hydrogen) atoms. The molecule has 1 fully saturated rings. The summed E-state index contributed by atoms with van der Waals surface area (Å²) < 4.78 is 32.8. The largest absolute Gasteiger partial charge is 0.491 e. The van der Waals surface area contributed by atoms with Gasteiger partial charge in [-0.25, -0.2) is 13.8 Å². The van der Waals surface area contributed by atoms with Crippen molar-refractivity contribution in [2.24, 2.45) is 4.99 Å². The van der Waals surface area contributed by atoms with Crippen molar-refractivity contribution in [2.45, 2.75) is 38.8 Å². The number of pyridine rings is 1. The quantitative estimate of drug-likeness (QED) is 0.837. The van der Waals surface area contributed by atoms with E-state index in [1.165, 1.54) is 0 Å². The highest BCUT2D eigenvalue weighted by molar-refractivity contribution is 6.15. The minimum absolute atomic E-state index is 0.0348. The Morgan fingerprint density at radius 1 is 1.12 bits per heavy atom. The molecule has 0 radical (unpaired) electrons. The van der Waals surface area contributed by atoms with Gasteiger partial charge in [0.1, 0.15) is 11.6 Å². The van der Waals surface area contributed by atoms with E-state index in [1.807, 2.05) is 44.2 Å². The number of rotatable bonds is 4. The summed E-state index contributed by atoms with van der Waals surface area (Å²) in [6.07, 6.45) is -1.15. The molecule has 2 aromatic rings. The maximum absolute atomic E-state index is 13.5. The highest BCUT2D eigenvalue weighted by atomic mass is 19.2. The summed E-state index contributed by atoms with van der Waals surface area (Å²) in [6, 6.07) is 9.74. The van der Waals surface area contributed by atoms with Crippen LogP contribution in [0.15, 0.2) is 41.5 Å². The summed E-state index contributed by atoms with van der Waals surface area (Å²) >= 11 is 0. The number of aliphatic imine (C=N–C) groups is 1. The average Bonchev–Trinajstić information content (AvgIpc) is 3.18. The van der Waals surface area contributed by atoms with Crippen molar-refractivity contribution in [3.8, 4) is 5.75 Å². The summed E-state index contributed by atoms with van der Waals surface area (Å²) in [5, 5.41) is 0. The lowest BCUT2D eigenvalue weighted by Gasteiger charge is -2.17. The van der Waals surface area contributed by atoms with E-state index in [9.17, 15) is 8.78 Å². The molecule has 0 N–H and O–H groups in total. The fraction of sp³-hybridized carbons (Fsp3) is 0.400. The number of nitrogens with zero attached hydrogens (tertiary/aromatic N) is 3. The molecule has 2 aliphatic heterocycles. The molecule has 0 amide bonds. The lowest BCUT2D eigenvalue weighted by Crippen LogP contribution is -2.21. The Hall–Kier alpha value is -2.50. The van der Waals surface area contributed by atoms with Crippen molar-refractivity contribution < 1.29 is 13.5 Å². The van der Waals surface area contributed by atoms with E-state index in [-0.39, 0.29) is 19.2 Å². The van der Waals surface area contributed by atoms with Gasteiger partial charge in [0.15, 0.2) is 12.3 Å². The molecule has 4 nitrogen and oxygen atoms in total. The molecule has 0 spiro atoms. The highest BCUT2D eigenvalue weighted by Crippen LogP contribution is 2.29. The molecule has 6 heteroatoms. The first kappa shape index (κ1) is 16.9. The Labute approximate surface area is 151 Å². The zero-order valence-electron chi connectivity index (χ0n) is 14.8. The normalized spacial score (nSPS) is 21.9. The van der Waals surface area contributed by atoms with E-state index < -0.39 is 12.3 Å². The Balaban J connectivity index is 1.63. The first-order valence-corrected chi connectivity index (χ1v) is 8.85. The molecule has 4 rings (SSSR count). The van der Waals surface area contributed by atoms with Crippen LogP contribution in [0.4, 0.5) is 14.6 Å². The lowest BCUT2D eigenvalue weighted by atomic mass is 10.0. The van der Waals surface area contributed by atoms with Crippen molar-refractivity contribution in [1.29, 1.82) is 0 Å². The van der Waals surface area contributed by atoms with Crippen molar-refractivity contribution in [3.63, 3.8) is 0 Å². The highest BCUT2D eigenvalue weighted by Gasteiger charge is 2.33. The van der Waals surface area contributed by atoms with Crippen molar-refractivity contribution in [1.82, 2.24) is 4.98 Å². The van der Waals surface area contributed by atoms with E-state index in [1.54, 1.807) is 11.1 Å². The molecular weight excluding hydrogens is 336 g/mol. The Morgan fingerprint density at radius 3 is 2.62 bits per heavy atom. The maximum atomic E-state index is 13.5. The van der Waals surface area contributed by atoms with Crippen molar-refractivity contribution in [2.75, 3.05) is 18.0 Å². The predicted molar refractivity (Wildman–Crippen MR) is 97.8 cm³/mol. The summed E-state index contributed by atoms with van der Waals surface area (Å²) in [5.74, 6) is 1.39. The number of anilines is 1. The molecule has 0 bridgehead atoms. The second-order valence-corrected chi connectivity index (χ2v) is 6.99. The molecule has 0 aliphatic carbocycles. The Bertz CT molecular complexity index is 843. The van der Waals surface area contributed by atoms with E-state index >= 15 is 0 Å². The minimum Gasteiger partial charge on any atom is -0.491 e. The zero-order valence-corrected chi connectivity index (χ0v) is 14.8. The van der Waals surface area contributed by atoms with Gasteiger partial charge < -0.3 is 9.64 Å². The number of aromatic nitrogens is 1. The van der Waals surface area contributed by atoms with E-state index in [0.29, 0.717) is 12.4 Å². The van der Waals surface area contributed by atoms with E-state index in [2.05, 4.69) is 9.98 Å². The molecule has 2 aliphatic rings. The molecule has 2 atom stereocenters. The monoisotopic (exact) mass is 357 g/mol. The third-order valence-electron chi connectivity index (χ3n) is 4.64. The molecule has 3 heterocycles. The standard InChI is InChI=1S/C20H21F2N3O/c1-12(2)26-15-4-3-14-9-24-20(16(14)8-15)13-5-6-23-19(7-13)25-10-17(21)18(22)11-25/h3-8,12,17-18H,9-11H2,1-2H3/t17-,18-/m0/s1. The van der Waals surface area contributed by atoms with Gasteiger partial charge in [-0.15, -0.1) is 0 Å². The second kappa shape index (κ2) is 6.67. The minimum atomic E-state index is -1.46. The van der Waals surface area contributed by atoms with Gasteiger partial charge in [0.2, 0.25) is 0 Å². The number of fused-ring (bicyclic) bond motifs is 1. The van der Waals surface area contributed by atoms with Crippen LogP contribution in [-0.4, -0.2) is 42.2 Å². The van der Waals surface area contributed by atoms with Crippen LogP contribution in [0.1, 0.15) is 30.5 Å². The van der Waals surface area contributed by atoms with Crippen LogP contribution in [0.5, 0.6) is 5.75 Å². The van der Waals surface area contributed by atoms with Crippen LogP contribution in [-0.2, 0) is 6.54 Å². The zero-order chi connectivity index (χ0) is 18.3. The van der Waals surface area contributed by atoms with Crippen molar-refractivity contribution >= 4 is 11.5 Å². The van der Waals surface area contributed by atoms with Crippen LogP contribution in [0.2, 0.25) is 0 Å². The van der Waals surface area contributed by atoms with Gasteiger partial charge in [-0.1, -0.05) is 6.07 Å². The van der Waals surface area contributed by atoms with Gasteiger partial charge >= 0.3 is 0 Å². The van der Waals surface area contributed by atoms with E-state index in [4.69, 9.17) is 4.74 Å². The number of halogens is 2. The molecule has 136 valence electrons. The first-order chi connectivity index (χ1) is 12.5. The SMILES string of the molecule is CC(C)Oc1ccc2c(c1)C(c1ccnc(N3C[C@H](F)[C@@H](F)C3)c1)=NC2. The first-order valence-electron chi connectivity index (χ1n) is 8.85. The van der Waals surface area contributed by atoms with Crippen LogP contribution in [0.3, 0.4) is 0 Å². The third-order valence-corrected chi connectivity index (χ3v) is 4.64. The third kappa shape index (κ3) is 3.16. The second-order valence-electron chi connectivity index (χ2n) is 6.99. The molecular formula is C20H21F2N3O. The maximum Gasteiger partial charge on any atom is 0.150 e. The average molecular weight is 357 g/mol. The van der Waals surface area contributed by atoms with Crippen LogP contribution < -0.4 is 9.64 Å². The molecule has 0 saturated carbocycles. The molecule has 1 aromatic carbocycles. The number of benzene rings is 1. The molecule has 0 unspecified atom stereocenters. The predicted octanol–water partition coefficient (Wildman–Crippen LogP) is 3.72. The smallest absolute Gasteiger partial charge is 0.150 e. The number of ether oxygens (including phenoxy) is 1. The Morgan fingerprint density at radius 2 is 1.88 bits per heavy atom.